The minimum absolute atomic E-state index is 0.575. The molecular weight excluding hydrogens is 801 g/mol. The zero-order valence-corrected chi connectivity index (χ0v) is 35.7. The van der Waals surface area contributed by atoms with E-state index in [1.807, 2.05) is 78.9 Å². The summed E-state index contributed by atoms with van der Waals surface area (Å²) in [6, 6.07) is 80.3. The third-order valence-corrected chi connectivity index (χ3v) is 12.7. The molecule has 12 rings (SSSR count). The molecule has 0 amide bonds. The van der Waals surface area contributed by atoms with Crippen LogP contribution in [0.5, 0.6) is 0 Å². The van der Waals surface area contributed by atoms with Crippen LogP contribution < -0.4 is 0 Å². The fourth-order valence-electron chi connectivity index (χ4n) is 9.57. The number of benzene rings is 10. The molecule has 0 bridgehead atoms. The summed E-state index contributed by atoms with van der Waals surface area (Å²) in [6.07, 6.45) is 0. The number of rotatable bonds is 8. The lowest BCUT2D eigenvalue weighted by Crippen LogP contribution is -2.00. The van der Waals surface area contributed by atoms with E-state index in [0.717, 1.165) is 66.8 Å². The van der Waals surface area contributed by atoms with Gasteiger partial charge in [0, 0.05) is 16.7 Å². The molecule has 1 aliphatic rings. The molecular formula is C62H38N4. The van der Waals surface area contributed by atoms with E-state index in [2.05, 4.69) is 157 Å². The third kappa shape index (κ3) is 6.84. The quantitative estimate of drug-likeness (QED) is 0.143. The third-order valence-electron chi connectivity index (χ3n) is 12.7. The first-order valence-corrected chi connectivity index (χ1v) is 22.1. The van der Waals surface area contributed by atoms with Crippen LogP contribution in [0.4, 0.5) is 5.69 Å². The Bertz CT molecular complexity index is 3720. The van der Waals surface area contributed by atoms with Crippen molar-refractivity contribution in [1.29, 1.82) is 0 Å². The maximum Gasteiger partial charge on any atom is 0.195 e. The van der Waals surface area contributed by atoms with Gasteiger partial charge in [0.25, 0.3) is 0 Å². The molecule has 0 atom stereocenters. The summed E-state index contributed by atoms with van der Waals surface area (Å²) in [6.45, 7) is 8.45. The molecule has 11 aromatic rings. The van der Waals surface area contributed by atoms with Gasteiger partial charge in [0.1, 0.15) is 0 Å². The van der Waals surface area contributed by atoms with E-state index in [1.54, 1.807) is 0 Å². The van der Waals surface area contributed by atoms with E-state index in [9.17, 15) is 0 Å². The van der Waals surface area contributed by atoms with E-state index >= 15 is 0 Å². The molecule has 4 heteroatoms. The van der Waals surface area contributed by atoms with Gasteiger partial charge in [-0.05, 0) is 113 Å². The zero-order chi connectivity index (χ0) is 44.0. The van der Waals surface area contributed by atoms with Crippen LogP contribution in [0.15, 0.2) is 231 Å². The second kappa shape index (κ2) is 16.3. The molecule has 66 heavy (non-hydrogen) atoms. The summed E-state index contributed by atoms with van der Waals surface area (Å²) in [4.78, 5) is 19.2. The number of nitrogens with zero attached hydrogens (tertiary/aromatic N) is 4. The summed E-state index contributed by atoms with van der Waals surface area (Å²) in [5, 5.41) is 2.57. The molecule has 306 valence electrons. The zero-order valence-electron chi connectivity index (χ0n) is 35.7. The highest BCUT2D eigenvalue weighted by molar-refractivity contribution is 6.19. The normalized spacial score (nSPS) is 11.3. The van der Waals surface area contributed by atoms with Gasteiger partial charge in [-0.3, -0.25) is 0 Å². The summed E-state index contributed by atoms with van der Waals surface area (Å²) in [7, 11) is 0. The van der Waals surface area contributed by atoms with Crippen molar-refractivity contribution in [3.63, 3.8) is 0 Å². The predicted octanol–water partition coefficient (Wildman–Crippen LogP) is 16.6. The van der Waals surface area contributed by atoms with Gasteiger partial charge in [-0.1, -0.05) is 206 Å². The van der Waals surface area contributed by atoms with Crippen LogP contribution in [0.25, 0.3) is 128 Å². The SMILES string of the molecule is [C-]#[N+]c1cc(-c2cccc(-c3nc(-c4ccccc4)nc(-c4cccc(-c5ccccc5)c4)n3)c2)ccc1-c1ccccc1-c1cccc(-c2ccc3cccc4c3c2-c2ccccc2-4)c1. The molecule has 1 aliphatic carbocycles. The Labute approximate surface area is 383 Å². The van der Waals surface area contributed by atoms with Crippen molar-refractivity contribution < 1.29 is 0 Å². The van der Waals surface area contributed by atoms with Gasteiger partial charge in [-0.2, -0.15) is 0 Å². The fraction of sp³-hybridized carbons (Fsp3) is 0. The molecule has 1 aromatic heterocycles. The van der Waals surface area contributed by atoms with E-state index in [4.69, 9.17) is 21.5 Å². The second-order valence-corrected chi connectivity index (χ2v) is 16.6. The fourth-order valence-corrected chi connectivity index (χ4v) is 9.57. The van der Waals surface area contributed by atoms with Crippen LogP contribution >= 0.6 is 0 Å². The van der Waals surface area contributed by atoms with Crippen LogP contribution in [-0.2, 0) is 0 Å². The maximum atomic E-state index is 8.45. The van der Waals surface area contributed by atoms with Crippen molar-refractivity contribution in [3.8, 4) is 112 Å². The van der Waals surface area contributed by atoms with E-state index in [1.165, 1.54) is 38.6 Å². The summed E-state index contributed by atoms with van der Waals surface area (Å²) < 4.78 is 0. The smallest absolute Gasteiger partial charge is 0.195 e. The van der Waals surface area contributed by atoms with Crippen molar-refractivity contribution in [2.45, 2.75) is 0 Å². The Morgan fingerprint density at radius 3 is 1.38 bits per heavy atom. The minimum Gasteiger partial charge on any atom is -0.237 e. The Balaban J connectivity index is 0.907. The second-order valence-electron chi connectivity index (χ2n) is 16.6. The lowest BCUT2D eigenvalue weighted by atomic mass is 9.89. The molecule has 0 spiro atoms. The molecule has 4 nitrogen and oxygen atoms in total. The Hall–Kier alpha value is -9.04. The number of hydrogen-bond donors (Lipinski definition) is 0. The Morgan fingerprint density at radius 2 is 0.712 bits per heavy atom. The molecule has 0 saturated carbocycles. The van der Waals surface area contributed by atoms with Gasteiger partial charge in [0.05, 0.1) is 6.57 Å². The summed E-state index contributed by atoms with van der Waals surface area (Å²) in [5.41, 5.74) is 19.0. The van der Waals surface area contributed by atoms with Crippen molar-refractivity contribution in [2.75, 3.05) is 0 Å². The van der Waals surface area contributed by atoms with Gasteiger partial charge in [0.2, 0.25) is 0 Å². The lowest BCUT2D eigenvalue weighted by Gasteiger charge is -2.15. The molecule has 0 aliphatic heterocycles. The van der Waals surface area contributed by atoms with Crippen LogP contribution in [-0.4, -0.2) is 15.0 Å². The van der Waals surface area contributed by atoms with Crippen molar-refractivity contribution >= 4 is 16.5 Å². The minimum atomic E-state index is 0.575. The maximum absolute atomic E-state index is 8.45. The highest BCUT2D eigenvalue weighted by Crippen LogP contribution is 2.51. The number of aromatic nitrogens is 3. The average Bonchev–Trinajstić information content (AvgIpc) is 3.74. The number of fused-ring (bicyclic) bond motifs is 3. The first-order chi connectivity index (χ1) is 32.7. The largest absolute Gasteiger partial charge is 0.237 e. The van der Waals surface area contributed by atoms with Gasteiger partial charge in [-0.25, -0.2) is 19.8 Å². The Morgan fingerprint density at radius 1 is 0.273 bits per heavy atom. The monoisotopic (exact) mass is 838 g/mol. The van der Waals surface area contributed by atoms with Gasteiger partial charge in [-0.15, -0.1) is 0 Å². The van der Waals surface area contributed by atoms with Gasteiger partial charge >= 0.3 is 0 Å². The van der Waals surface area contributed by atoms with Gasteiger partial charge < -0.3 is 0 Å². The molecule has 0 radical (unpaired) electrons. The standard InChI is InChI=1S/C62H38N4/c1-63-57-39-45(44-22-13-26-49(37-44)62-65-60(42-18-6-3-7-19-42)64-61(66-62)48-25-12-21-43(36-48)40-16-4-2-5-17-40)33-35-54(57)52-28-9-8-27-50(52)46-23-14-24-47(38-46)51-34-32-41-20-15-31-55-53-29-10-11-30-56(53)59(51)58(41)55/h2-39H. The van der Waals surface area contributed by atoms with E-state index in [-0.39, 0.29) is 0 Å². The topological polar surface area (TPSA) is 43.0 Å². The number of hydrogen-bond acceptors (Lipinski definition) is 3. The summed E-state index contributed by atoms with van der Waals surface area (Å²) in [5.74, 6) is 1.78. The molecule has 0 saturated heterocycles. The summed E-state index contributed by atoms with van der Waals surface area (Å²) >= 11 is 0. The highest BCUT2D eigenvalue weighted by Gasteiger charge is 2.24. The lowest BCUT2D eigenvalue weighted by molar-refractivity contribution is 1.07. The predicted molar refractivity (Wildman–Crippen MR) is 272 cm³/mol. The van der Waals surface area contributed by atoms with Crippen molar-refractivity contribution in [2.24, 2.45) is 0 Å². The first-order valence-electron chi connectivity index (χ1n) is 22.1. The van der Waals surface area contributed by atoms with E-state index in [0.29, 0.717) is 23.2 Å². The molecule has 0 unspecified atom stereocenters. The molecule has 0 fully saturated rings. The van der Waals surface area contributed by atoms with Crippen LogP contribution in [0.1, 0.15) is 0 Å². The molecule has 10 aromatic carbocycles. The molecule has 1 heterocycles. The van der Waals surface area contributed by atoms with Crippen LogP contribution in [0.3, 0.4) is 0 Å². The first kappa shape index (κ1) is 38.6. The van der Waals surface area contributed by atoms with Crippen molar-refractivity contribution in [3.05, 3.63) is 242 Å². The highest BCUT2D eigenvalue weighted by atomic mass is 15.0. The van der Waals surface area contributed by atoms with Crippen molar-refractivity contribution in [1.82, 2.24) is 15.0 Å². The van der Waals surface area contributed by atoms with Crippen LogP contribution in [0.2, 0.25) is 0 Å². The van der Waals surface area contributed by atoms with Gasteiger partial charge in [0.15, 0.2) is 23.2 Å². The Kier molecular flexibility index (Phi) is 9.51. The van der Waals surface area contributed by atoms with Crippen LogP contribution in [0, 0.1) is 6.57 Å². The molecule has 0 N–H and O–H groups in total. The average molecular weight is 839 g/mol. The van der Waals surface area contributed by atoms with E-state index < -0.39 is 0 Å².